The molecule has 0 aliphatic carbocycles. The van der Waals surface area contributed by atoms with Crippen molar-refractivity contribution in [2.45, 2.75) is 19.9 Å². The number of ether oxygens (including phenoxy) is 2. The lowest BCUT2D eigenvalue weighted by molar-refractivity contribution is -0.115. The summed E-state index contributed by atoms with van der Waals surface area (Å²) in [4.78, 5) is 21.3. The van der Waals surface area contributed by atoms with Crippen LogP contribution in [0.3, 0.4) is 0 Å². The van der Waals surface area contributed by atoms with Crippen LogP contribution in [0.1, 0.15) is 12.6 Å². The monoisotopic (exact) mass is 448 g/mol. The summed E-state index contributed by atoms with van der Waals surface area (Å²) in [5.74, 6) is 1.33. The molecule has 1 amide bonds. The maximum Gasteiger partial charge on any atom is 0.230 e. The number of hydrogen-bond acceptors (Lipinski definition) is 6. The number of para-hydroxylation sites is 2. The van der Waals surface area contributed by atoms with Gasteiger partial charge in [0.1, 0.15) is 23.1 Å². The van der Waals surface area contributed by atoms with Crippen LogP contribution in [0.5, 0.6) is 11.5 Å². The predicted octanol–water partition coefficient (Wildman–Crippen LogP) is 4.67. The van der Waals surface area contributed by atoms with E-state index in [1.165, 1.54) is 11.3 Å². The first-order valence-electron chi connectivity index (χ1n) is 10.4. The summed E-state index contributed by atoms with van der Waals surface area (Å²) in [6.07, 6.45) is 5.55. The molecule has 0 saturated heterocycles. The Hall–Kier alpha value is -3.65. The Labute approximate surface area is 190 Å². The number of amides is 1. The molecule has 8 heteroatoms. The third kappa shape index (κ3) is 5.73. The predicted molar refractivity (Wildman–Crippen MR) is 125 cm³/mol. The topological polar surface area (TPSA) is 78.3 Å². The molecule has 0 radical (unpaired) electrons. The van der Waals surface area contributed by atoms with Gasteiger partial charge in [-0.05, 0) is 43.3 Å². The average molecular weight is 449 g/mol. The fourth-order valence-corrected chi connectivity index (χ4v) is 3.94. The van der Waals surface area contributed by atoms with Crippen molar-refractivity contribution in [3.63, 3.8) is 0 Å². The van der Waals surface area contributed by atoms with Gasteiger partial charge in [-0.3, -0.25) is 4.79 Å². The van der Waals surface area contributed by atoms with Crippen LogP contribution in [-0.2, 0) is 17.8 Å². The molecular formula is C24H24N4O3S. The van der Waals surface area contributed by atoms with Crippen LogP contribution in [0.25, 0.3) is 10.6 Å². The Morgan fingerprint density at radius 1 is 1.12 bits per heavy atom. The smallest absolute Gasteiger partial charge is 0.230 e. The van der Waals surface area contributed by atoms with Crippen molar-refractivity contribution in [2.75, 3.05) is 18.5 Å². The minimum absolute atomic E-state index is 0.140. The van der Waals surface area contributed by atoms with E-state index < -0.39 is 0 Å². The summed E-state index contributed by atoms with van der Waals surface area (Å²) in [6.45, 7) is 3.74. The molecule has 0 saturated carbocycles. The van der Waals surface area contributed by atoms with Crippen LogP contribution in [0.4, 0.5) is 5.69 Å². The lowest BCUT2D eigenvalue weighted by Crippen LogP contribution is -2.16. The van der Waals surface area contributed by atoms with Crippen LogP contribution in [0, 0.1) is 0 Å². The Morgan fingerprint density at radius 3 is 2.75 bits per heavy atom. The number of benzene rings is 2. The summed E-state index contributed by atoms with van der Waals surface area (Å²) >= 11 is 1.52. The first kappa shape index (κ1) is 21.6. The minimum Gasteiger partial charge on any atom is -0.494 e. The maximum absolute atomic E-state index is 12.6. The summed E-state index contributed by atoms with van der Waals surface area (Å²) < 4.78 is 13.3. The van der Waals surface area contributed by atoms with Crippen molar-refractivity contribution < 1.29 is 14.3 Å². The van der Waals surface area contributed by atoms with Crippen molar-refractivity contribution in [1.29, 1.82) is 0 Å². The first-order valence-corrected chi connectivity index (χ1v) is 11.2. The molecule has 0 spiro atoms. The molecule has 0 unspecified atom stereocenters. The first-order chi connectivity index (χ1) is 15.7. The number of rotatable bonds is 10. The van der Waals surface area contributed by atoms with E-state index in [1.54, 1.807) is 12.5 Å². The number of hydrogen-bond donors (Lipinski definition) is 1. The molecule has 4 rings (SSSR count). The standard InChI is InChI=1S/C24H24N4O3S/c1-2-30-20-9-7-18(8-10-20)24-26-19(16-32-24)15-23(29)27-21-5-3-4-6-22(21)31-14-13-28-12-11-25-17-28/h3-12,16-17H,2,13-15H2,1H3,(H,27,29). The second kappa shape index (κ2) is 10.6. The van der Waals surface area contributed by atoms with Crippen LogP contribution in [0.2, 0.25) is 0 Å². The molecule has 0 aliphatic rings. The van der Waals surface area contributed by atoms with Gasteiger partial charge in [-0.2, -0.15) is 0 Å². The van der Waals surface area contributed by atoms with Crippen molar-refractivity contribution in [1.82, 2.24) is 14.5 Å². The second-order valence-corrected chi connectivity index (χ2v) is 7.83. The van der Waals surface area contributed by atoms with Gasteiger partial charge in [0.15, 0.2) is 0 Å². The molecular weight excluding hydrogens is 424 g/mol. The van der Waals surface area contributed by atoms with Gasteiger partial charge in [-0.15, -0.1) is 11.3 Å². The number of nitrogens with one attached hydrogen (secondary N) is 1. The molecule has 2 aromatic heterocycles. The summed E-state index contributed by atoms with van der Waals surface area (Å²) in [6, 6.07) is 15.2. The highest BCUT2D eigenvalue weighted by Crippen LogP contribution is 2.27. The van der Waals surface area contributed by atoms with Crippen molar-refractivity contribution in [3.05, 3.63) is 78.3 Å². The molecule has 1 N–H and O–H groups in total. The van der Waals surface area contributed by atoms with Gasteiger partial charge < -0.3 is 19.4 Å². The quantitative estimate of drug-likeness (QED) is 0.382. The highest BCUT2D eigenvalue weighted by molar-refractivity contribution is 7.13. The number of aromatic nitrogens is 3. The van der Waals surface area contributed by atoms with E-state index in [4.69, 9.17) is 9.47 Å². The van der Waals surface area contributed by atoms with Crippen molar-refractivity contribution in [3.8, 4) is 22.1 Å². The molecule has 32 heavy (non-hydrogen) atoms. The van der Waals surface area contributed by atoms with E-state index >= 15 is 0 Å². The molecule has 0 fully saturated rings. The number of imidazole rings is 1. The highest BCUT2D eigenvalue weighted by Gasteiger charge is 2.12. The molecule has 164 valence electrons. The zero-order valence-corrected chi connectivity index (χ0v) is 18.5. The van der Waals surface area contributed by atoms with Crippen molar-refractivity contribution >= 4 is 22.9 Å². The third-order valence-electron chi connectivity index (χ3n) is 4.63. The lowest BCUT2D eigenvalue weighted by Gasteiger charge is -2.12. The summed E-state index contributed by atoms with van der Waals surface area (Å²) in [7, 11) is 0. The van der Waals surface area contributed by atoms with Gasteiger partial charge in [0.05, 0.1) is 37.3 Å². The molecule has 2 aromatic carbocycles. The molecule has 0 aliphatic heterocycles. The summed E-state index contributed by atoms with van der Waals surface area (Å²) in [5, 5.41) is 5.73. The van der Waals surface area contributed by atoms with Gasteiger partial charge in [-0.25, -0.2) is 9.97 Å². The molecule has 7 nitrogen and oxygen atoms in total. The fraction of sp³-hybridized carbons (Fsp3) is 0.208. The fourth-order valence-electron chi connectivity index (χ4n) is 3.12. The van der Waals surface area contributed by atoms with Gasteiger partial charge in [-0.1, -0.05) is 12.1 Å². The van der Waals surface area contributed by atoms with E-state index in [0.717, 1.165) is 22.0 Å². The van der Waals surface area contributed by atoms with E-state index in [-0.39, 0.29) is 12.3 Å². The molecule has 4 aromatic rings. The van der Waals surface area contributed by atoms with Crippen LogP contribution in [-0.4, -0.2) is 33.7 Å². The zero-order valence-electron chi connectivity index (χ0n) is 17.7. The second-order valence-electron chi connectivity index (χ2n) is 6.97. The summed E-state index contributed by atoms with van der Waals surface area (Å²) in [5.41, 5.74) is 2.38. The van der Waals surface area contributed by atoms with Crippen LogP contribution >= 0.6 is 11.3 Å². The molecule has 2 heterocycles. The van der Waals surface area contributed by atoms with Crippen LogP contribution < -0.4 is 14.8 Å². The van der Waals surface area contributed by atoms with Gasteiger partial charge >= 0.3 is 0 Å². The Balaban J connectivity index is 1.34. The van der Waals surface area contributed by atoms with E-state index in [2.05, 4.69) is 15.3 Å². The van der Waals surface area contributed by atoms with Crippen molar-refractivity contribution in [2.24, 2.45) is 0 Å². The van der Waals surface area contributed by atoms with Gasteiger partial charge in [0, 0.05) is 23.3 Å². The number of anilines is 1. The molecule has 0 bridgehead atoms. The number of carbonyl (C=O) groups excluding carboxylic acids is 1. The number of nitrogens with zero attached hydrogens (tertiary/aromatic N) is 3. The van der Waals surface area contributed by atoms with Gasteiger partial charge in [0.2, 0.25) is 5.91 Å². The average Bonchev–Trinajstić information content (AvgIpc) is 3.48. The highest BCUT2D eigenvalue weighted by atomic mass is 32.1. The Morgan fingerprint density at radius 2 is 1.97 bits per heavy atom. The van der Waals surface area contributed by atoms with E-state index in [1.807, 2.05) is 71.6 Å². The lowest BCUT2D eigenvalue weighted by atomic mass is 10.2. The Kier molecular flexibility index (Phi) is 7.14. The zero-order chi connectivity index (χ0) is 22.2. The van der Waals surface area contributed by atoms with Crippen LogP contribution in [0.15, 0.2) is 72.6 Å². The third-order valence-corrected chi connectivity index (χ3v) is 5.57. The minimum atomic E-state index is -0.140. The SMILES string of the molecule is CCOc1ccc(-c2nc(CC(=O)Nc3ccccc3OCCn3ccnc3)cs2)cc1. The van der Waals surface area contributed by atoms with E-state index in [9.17, 15) is 4.79 Å². The number of carbonyl (C=O) groups is 1. The normalized spacial score (nSPS) is 10.7. The van der Waals surface area contributed by atoms with Gasteiger partial charge in [0.25, 0.3) is 0 Å². The van der Waals surface area contributed by atoms with E-state index in [0.29, 0.717) is 31.2 Å². The molecule has 0 atom stereocenters. The number of thiazole rings is 1. The largest absolute Gasteiger partial charge is 0.494 e. The maximum atomic E-state index is 12.6. The Bertz CT molecular complexity index is 1140.